The van der Waals surface area contributed by atoms with E-state index in [1.54, 1.807) is 0 Å². The van der Waals surface area contributed by atoms with E-state index in [1.807, 2.05) is 18.2 Å². The van der Waals surface area contributed by atoms with Crippen molar-refractivity contribution in [2.75, 3.05) is 16.8 Å². The summed E-state index contributed by atoms with van der Waals surface area (Å²) in [6.07, 6.45) is 1.17. The van der Waals surface area contributed by atoms with Gasteiger partial charge in [-0.2, -0.15) is 0 Å². The van der Waals surface area contributed by atoms with Crippen molar-refractivity contribution in [3.63, 3.8) is 0 Å². The molecular weight excluding hydrogens is 244 g/mol. The lowest BCUT2D eigenvalue weighted by molar-refractivity contribution is 0.671. The van der Waals surface area contributed by atoms with E-state index in [-0.39, 0.29) is 0 Å². The molecule has 0 fully saturated rings. The second kappa shape index (κ2) is 6.99. The molecule has 0 atom stereocenters. The van der Waals surface area contributed by atoms with E-state index in [0.29, 0.717) is 6.04 Å². The summed E-state index contributed by atoms with van der Waals surface area (Å²) in [5, 5.41) is 3.41. The molecule has 0 saturated carbocycles. The van der Waals surface area contributed by atoms with Gasteiger partial charge < -0.3 is 10.2 Å². The lowest BCUT2D eigenvalue weighted by Crippen LogP contribution is -2.31. The molecule has 0 bridgehead atoms. The molecule has 0 heterocycles. The Morgan fingerprint density at radius 2 is 1.50 bits per heavy atom. The molecule has 2 nitrogen and oxygen atoms in total. The van der Waals surface area contributed by atoms with Crippen molar-refractivity contribution >= 4 is 17.1 Å². The molecule has 20 heavy (non-hydrogen) atoms. The zero-order chi connectivity index (χ0) is 14.4. The van der Waals surface area contributed by atoms with E-state index in [9.17, 15) is 0 Å². The zero-order valence-electron chi connectivity index (χ0n) is 12.6. The van der Waals surface area contributed by atoms with Crippen LogP contribution in [0.1, 0.15) is 27.2 Å². The predicted octanol–water partition coefficient (Wildman–Crippen LogP) is 5.06. The fourth-order valence-corrected chi connectivity index (χ4v) is 2.35. The lowest BCUT2D eigenvalue weighted by atomic mass is 10.2. The smallest absolute Gasteiger partial charge is 0.0385 e. The van der Waals surface area contributed by atoms with Crippen LogP contribution in [0.3, 0.4) is 0 Å². The van der Waals surface area contributed by atoms with Crippen molar-refractivity contribution in [1.82, 2.24) is 0 Å². The van der Waals surface area contributed by atoms with E-state index >= 15 is 0 Å². The second-order valence-corrected chi connectivity index (χ2v) is 5.33. The van der Waals surface area contributed by atoms with Crippen LogP contribution in [-0.2, 0) is 0 Å². The van der Waals surface area contributed by atoms with Gasteiger partial charge in [-0.1, -0.05) is 25.1 Å². The average molecular weight is 268 g/mol. The van der Waals surface area contributed by atoms with Crippen LogP contribution >= 0.6 is 0 Å². The minimum atomic E-state index is 0.530. The van der Waals surface area contributed by atoms with Crippen LogP contribution in [0.4, 0.5) is 17.1 Å². The van der Waals surface area contributed by atoms with Gasteiger partial charge in [-0.15, -0.1) is 0 Å². The third-order valence-electron chi connectivity index (χ3n) is 3.35. The maximum atomic E-state index is 3.41. The fourth-order valence-electron chi connectivity index (χ4n) is 2.35. The highest BCUT2D eigenvalue weighted by Crippen LogP contribution is 2.22. The van der Waals surface area contributed by atoms with Gasteiger partial charge in [0.05, 0.1) is 0 Å². The number of para-hydroxylation sites is 1. The maximum Gasteiger partial charge on any atom is 0.0385 e. The number of anilines is 3. The second-order valence-electron chi connectivity index (χ2n) is 5.33. The Morgan fingerprint density at radius 3 is 2.05 bits per heavy atom. The minimum Gasteiger partial charge on any atom is -0.369 e. The SMILES string of the molecule is CCCN(c1ccc(Nc2ccccc2)cc1)C(C)C. The minimum absolute atomic E-state index is 0.530. The first-order valence-corrected chi connectivity index (χ1v) is 7.39. The Labute approximate surface area is 122 Å². The highest BCUT2D eigenvalue weighted by molar-refractivity contribution is 5.62. The van der Waals surface area contributed by atoms with E-state index in [0.717, 1.165) is 17.9 Å². The summed E-state index contributed by atoms with van der Waals surface area (Å²) >= 11 is 0. The summed E-state index contributed by atoms with van der Waals surface area (Å²) in [4.78, 5) is 2.44. The van der Waals surface area contributed by atoms with Crippen molar-refractivity contribution in [2.24, 2.45) is 0 Å². The topological polar surface area (TPSA) is 15.3 Å². The Morgan fingerprint density at radius 1 is 0.900 bits per heavy atom. The van der Waals surface area contributed by atoms with Gasteiger partial charge in [0, 0.05) is 29.6 Å². The van der Waals surface area contributed by atoms with Gasteiger partial charge in [0.15, 0.2) is 0 Å². The summed E-state index contributed by atoms with van der Waals surface area (Å²) in [7, 11) is 0. The van der Waals surface area contributed by atoms with Gasteiger partial charge in [0.1, 0.15) is 0 Å². The van der Waals surface area contributed by atoms with Gasteiger partial charge in [0.25, 0.3) is 0 Å². The van der Waals surface area contributed by atoms with E-state index in [2.05, 4.69) is 67.4 Å². The number of nitrogens with one attached hydrogen (secondary N) is 1. The molecule has 2 rings (SSSR count). The Hall–Kier alpha value is -1.96. The molecule has 1 N–H and O–H groups in total. The largest absolute Gasteiger partial charge is 0.369 e. The highest BCUT2D eigenvalue weighted by Gasteiger charge is 2.08. The van der Waals surface area contributed by atoms with Crippen molar-refractivity contribution in [2.45, 2.75) is 33.2 Å². The number of hydrogen-bond acceptors (Lipinski definition) is 2. The van der Waals surface area contributed by atoms with Crippen molar-refractivity contribution in [3.8, 4) is 0 Å². The van der Waals surface area contributed by atoms with Crippen LogP contribution in [0.2, 0.25) is 0 Å². The van der Waals surface area contributed by atoms with Gasteiger partial charge in [0.2, 0.25) is 0 Å². The van der Waals surface area contributed by atoms with Crippen LogP contribution in [0.25, 0.3) is 0 Å². The molecule has 106 valence electrons. The van der Waals surface area contributed by atoms with Crippen LogP contribution in [-0.4, -0.2) is 12.6 Å². The molecule has 0 spiro atoms. The molecular formula is C18H24N2. The number of hydrogen-bond donors (Lipinski definition) is 1. The molecule has 0 aliphatic rings. The Balaban J connectivity index is 2.09. The third-order valence-corrected chi connectivity index (χ3v) is 3.35. The van der Waals surface area contributed by atoms with Crippen molar-refractivity contribution < 1.29 is 0 Å². The van der Waals surface area contributed by atoms with Gasteiger partial charge in [-0.05, 0) is 56.7 Å². The molecule has 0 saturated heterocycles. The average Bonchev–Trinajstić information content (AvgIpc) is 2.47. The molecule has 2 heteroatoms. The molecule has 0 aromatic heterocycles. The summed E-state index contributed by atoms with van der Waals surface area (Å²) in [6.45, 7) is 7.81. The van der Waals surface area contributed by atoms with E-state index < -0.39 is 0 Å². The molecule has 0 aliphatic carbocycles. The number of nitrogens with zero attached hydrogens (tertiary/aromatic N) is 1. The monoisotopic (exact) mass is 268 g/mol. The first-order valence-electron chi connectivity index (χ1n) is 7.39. The summed E-state index contributed by atoms with van der Waals surface area (Å²) in [6, 6.07) is 19.5. The van der Waals surface area contributed by atoms with Crippen LogP contribution in [0.15, 0.2) is 54.6 Å². The molecule has 0 amide bonds. The molecule has 0 aliphatic heterocycles. The molecule has 0 radical (unpaired) electrons. The van der Waals surface area contributed by atoms with Crippen LogP contribution in [0.5, 0.6) is 0 Å². The standard InChI is InChI=1S/C18H24N2/c1-4-14-20(15(2)3)18-12-10-17(11-13-18)19-16-8-6-5-7-9-16/h5-13,15,19H,4,14H2,1-3H3. The van der Waals surface area contributed by atoms with Crippen LogP contribution in [0, 0.1) is 0 Å². The summed E-state index contributed by atoms with van der Waals surface area (Å²) in [5.74, 6) is 0. The molecule has 2 aromatic rings. The van der Waals surface area contributed by atoms with Gasteiger partial charge in [-0.3, -0.25) is 0 Å². The van der Waals surface area contributed by atoms with Gasteiger partial charge >= 0.3 is 0 Å². The number of rotatable bonds is 6. The Kier molecular flexibility index (Phi) is 5.05. The highest BCUT2D eigenvalue weighted by atomic mass is 15.1. The molecule has 2 aromatic carbocycles. The maximum absolute atomic E-state index is 3.41. The van der Waals surface area contributed by atoms with Crippen molar-refractivity contribution in [3.05, 3.63) is 54.6 Å². The molecule has 0 unspecified atom stereocenters. The zero-order valence-corrected chi connectivity index (χ0v) is 12.6. The van der Waals surface area contributed by atoms with Crippen molar-refractivity contribution in [1.29, 1.82) is 0 Å². The Bertz CT molecular complexity index is 503. The number of benzene rings is 2. The van der Waals surface area contributed by atoms with E-state index in [4.69, 9.17) is 0 Å². The van der Waals surface area contributed by atoms with Gasteiger partial charge in [-0.25, -0.2) is 0 Å². The van der Waals surface area contributed by atoms with Crippen LogP contribution < -0.4 is 10.2 Å². The fraction of sp³-hybridized carbons (Fsp3) is 0.333. The summed E-state index contributed by atoms with van der Waals surface area (Å²) < 4.78 is 0. The third kappa shape index (κ3) is 3.77. The summed E-state index contributed by atoms with van der Waals surface area (Å²) in [5.41, 5.74) is 3.54. The quantitative estimate of drug-likeness (QED) is 0.788. The predicted molar refractivity (Wildman–Crippen MR) is 88.9 cm³/mol. The van der Waals surface area contributed by atoms with E-state index in [1.165, 1.54) is 12.1 Å². The first-order chi connectivity index (χ1) is 9.70. The normalized spacial score (nSPS) is 10.6. The first kappa shape index (κ1) is 14.4. The lowest BCUT2D eigenvalue weighted by Gasteiger charge is -2.28.